The Morgan fingerprint density at radius 3 is 2.67 bits per heavy atom. The van der Waals surface area contributed by atoms with Crippen LogP contribution in [0.1, 0.15) is 29.7 Å². The molecular weight excluding hydrogens is 474 g/mol. The van der Waals surface area contributed by atoms with Crippen molar-refractivity contribution in [2.45, 2.75) is 13.0 Å². The zero-order valence-electron chi connectivity index (χ0n) is 19.8. The van der Waals surface area contributed by atoms with Gasteiger partial charge in [0.2, 0.25) is 0 Å². The van der Waals surface area contributed by atoms with Gasteiger partial charge in [0.05, 0.1) is 35.6 Å². The van der Waals surface area contributed by atoms with Crippen LogP contribution in [0.25, 0.3) is 11.8 Å². The maximum Gasteiger partial charge on any atom is 0.338 e. The van der Waals surface area contributed by atoms with Crippen molar-refractivity contribution in [3.63, 3.8) is 0 Å². The highest BCUT2D eigenvalue weighted by Crippen LogP contribution is 2.36. The smallest absolute Gasteiger partial charge is 0.338 e. The van der Waals surface area contributed by atoms with Crippen LogP contribution in [0.2, 0.25) is 0 Å². The van der Waals surface area contributed by atoms with Crippen LogP contribution in [0.15, 0.2) is 94.5 Å². The summed E-state index contributed by atoms with van der Waals surface area (Å²) in [6.45, 7) is 1.95. The fourth-order valence-corrected chi connectivity index (χ4v) is 5.18. The third-order valence-electron chi connectivity index (χ3n) is 5.77. The lowest BCUT2D eigenvalue weighted by Gasteiger charge is -2.26. The molecule has 0 amide bonds. The summed E-state index contributed by atoms with van der Waals surface area (Å²) < 4.78 is 13.0. The minimum absolute atomic E-state index is 0.195. The van der Waals surface area contributed by atoms with Crippen molar-refractivity contribution in [1.29, 1.82) is 0 Å². The standard InChI is InChI=1S/C28H23N3O4S/c1-3-35-27(33)23-24(19-10-5-4-6-11-19)30-28-31(25(23)20-12-7-13-21(16-20)34-2)26(32)22(36-28)15-18-9-8-14-29-17-18/h4-17,25H,3H2,1-2H3/b22-15-/t25-/m0/s1. The van der Waals surface area contributed by atoms with E-state index in [1.807, 2.05) is 66.7 Å². The second-order valence-corrected chi connectivity index (χ2v) is 9.00. The Balaban J connectivity index is 1.85. The van der Waals surface area contributed by atoms with Gasteiger partial charge in [-0.05, 0) is 42.3 Å². The van der Waals surface area contributed by atoms with Crippen molar-refractivity contribution in [2.75, 3.05) is 13.7 Å². The van der Waals surface area contributed by atoms with Crippen molar-refractivity contribution >= 4 is 29.1 Å². The maximum absolute atomic E-state index is 13.8. The summed E-state index contributed by atoms with van der Waals surface area (Å²) >= 11 is 1.27. The number of methoxy groups -OCH3 is 1. The van der Waals surface area contributed by atoms with Crippen LogP contribution < -0.4 is 19.6 Å². The van der Waals surface area contributed by atoms with E-state index in [0.717, 1.165) is 16.7 Å². The molecule has 7 nitrogen and oxygen atoms in total. The minimum atomic E-state index is -0.748. The van der Waals surface area contributed by atoms with Crippen molar-refractivity contribution < 1.29 is 14.3 Å². The first-order valence-corrected chi connectivity index (χ1v) is 12.2. The number of ether oxygens (including phenoxy) is 2. The molecule has 0 saturated heterocycles. The molecule has 0 aliphatic carbocycles. The van der Waals surface area contributed by atoms with Crippen molar-refractivity contribution in [3.05, 3.63) is 121 Å². The molecule has 0 unspecified atom stereocenters. The summed E-state index contributed by atoms with van der Waals surface area (Å²) in [6.07, 6.45) is 5.16. The molecular formula is C28H23N3O4S. The molecule has 36 heavy (non-hydrogen) atoms. The van der Waals surface area contributed by atoms with Crippen LogP contribution >= 0.6 is 11.3 Å². The number of hydrogen-bond acceptors (Lipinski definition) is 7. The summed E-state index contributed by atoms with van der Waals surface area (Å²) in [5.74, 6) is 0.0981. The molecule has 4 aromatic rings. The third-order valence-corrected chi connectivity index (χ3v) is 6.75. The number of hydrogen-bond donors (Lipinski definition) is 0. The fraction of sp³-hybridized carbons (Fsp3) is 0.143. The molecule has 8 heteroatoms. The first-order valence-electron chi connectivity index (χ1n) is 11.4. The molecule has 0 saturated carbocycles. The summed E-state index contributed by atoms with van der Waals surface area (Å²) in [4.78, 5) is 36.7. The predicted octanol–water partition coefficient (Wildman–Crippen LogP) is 3.34. The van der Waals surface area contributed by atoms with E-state index in [1.165, 1.54) is 11.3 Å². The summed E-state index contributed by atoms with van der Waals surface area (Å²) in [7, 11) is 1.58. The first kappa shape index (κ1) is 23.4. The highest BCUT2D eigenvalue weighted by atomic mass is 32.1. The highest BCUT2D eigenvalue weighted by Gasteiger charge is 2.35. The summed E-state index contributed by atoms with van der Waals surface area (Å²) in [5.41, 5.74) is 2.82. The van der Waals surface area contributed by atoms with Crippen molar-refractivity contribution in [2.24, 2.45) is 4.99 Å². The van der Waals surface area contributed by atoms with Gasteiger partial charge in [-0.15, -0.1) is 0 Å². The molecule has 2 aromatic carbocycles. The van der Waals surface area contributed by atoms with Crippen molar-refractivity contribution in [3.8, 4) is 5.75 Å². The Morgan fingerprint density at radius 1 is 1.11 bits per heavy atom. The molecule has 5 rings (SSSR count). The zero-order valence-corrected chi connectivity index (χ0v) is 20.6. The molecule has 180 valence electrons. The largest absolute Gasteiger partial charge is 0.497 e. The quantitative estimate of drug-likeness (QED) is 0.382. The van der Waals surface area contributed by atoms with Gasteiger partial charge in [0.1, 0.15) is 5.75 Å². The van der Waals surface area contributed by atoms with Crippen LogP contribution in [-0.4, -0.2) is 29.2 Å². The van der Waals surface area contributed by atoms with Crippen LogP contribution in [-0.2, 0) is 9.53 Å². The number of benzene rings is 2. The van der Waals surface area contributed by atoms with E-state index in [1.54, 1.807) is 37.1 Å². The van der Waals surface area contributed by atoms with Gasteiger partial charge in [0.25, 0.3) is 5.56 Å². The highest BCUT2D eigenvalue weighted by molar-refractivity contribution is 7.07. The lowest BCUT2D eigenvalue weighted by atomic mass is 9.93. The second-order valence-electron chi connectivity index (χ2n) is 7.99. The third kappa shape index (κ3) is 4.38. The summed E-state index contributed by atoms with van der Waals surface area (Å²) in [5, 5.41) is 0. The molecule has 0 N–H and O–H groups in total. The van der Waals surface area contributed by atoms with Gasteiger partial charge in [0, 0.05) is 18.0 Å². The zero-order chi connectivity index (χ0) is 25.1. The SMILES string of the molecule is CCOC(=O)C1=C(c2ccccc2)N=c2s/c(=C\c3cccnc3)c(=O)n2[C@H]1c1cccc(OC)c1. The Morgan fingerprint density at radius 2 is 1.94 bits per heavy atom. The lowest BCUT2D eigenvalue weighted by Crippen LogP contribution is -2.40. The van der Waals surface area contributed by atoms with E-state index >= 15 is 0 Å². The van der Waals surface area contributed by atoms with E-state index in [2.05, 4.69) is 4.98 Å². The second kappa shape index (κ2) is 10.1. The molecule has 3 heterocycles. The number of nitrogens with zero attached hydrogens (tertiary/aromatic N) is 3. The van der Waals surface area contributed by atoms with Gasteiger partial charge in [-0.25, -0.2) is 9.79 Å². The Labute approximate surface area is 211 Å². The fourth-order valence-electron chi connectivity index (χ4n) is 4.18. The first-order chi connectivity index (χ1) is 17.6. The molecule has 0 radical (unpaired) electrons. The number of carbonyl (C=O) groups is 1. The molecule has 0 spiro atoms. The van der Waals surface area contributed by atoms with Gasteiger partial charge in [-0.3, -0.25) is 14.3 Å². The van der Waals surface area contributed by atoms with Gasteiger partial charge in [0.15, 0.2) is 4.80 Å². The number of aromatic nitrogens is 2. The summed E-state index contributed by atoms with van der Waals surface area (Å²) in [6, 6.07) is 19.8. The predicted molar refractivity (Wildman–Crippen MR) is 138 cm³/mol. The average Bonchev–Trinajstić information content (AvgIpc) is 3.23. The molecule has 1 atom stereocenters. The van der Waals surface area contributed by atoms with Crippen molar-refractivity contribution in [1.82, 2.24) is 9.55 Å². The topological polar surface area (TPSA) is 82.8 Å². The Kier molecular flexibility index (Phi) is 6.60. The van der Waals surface area contributed by atoms with Crippen LogP contribution in [0.3, 0.4) is 0 Å². The van der Waals surface area contributed by atoms with Gasteiger partial charge >= 0.3 is 5.97 Å². The van der Waals surface area contributed by atoms with Crippen LogP contribution in [0.4, 0.5) is 0 Å². The Hall–Kier alpha value is -4.30. The molecule has 0 fully saturated rings. The molecule has 0 bridgehead atoms. The number of rotatable bonds is 6. The number of carbonyl (C=O) groups excluding carboxylic acids is 1. The van der Waals surface area contributed by atoms with Crippen LogP contribution in [0, 0.1) is 0 Å². The average molecular weight is 498 g/mol. The lowest BCUT2D eigenvalue weighted by molar-refractivity contribution is -0.138. The normalized spacial score (nSPS) is 15.3. The monoisotopic (exact) mass is 497 g/mol. The number of pyridine rings is 1. The maximum atomic E-state index is 13.8. The molecule has 2 aromatic heterocycles. The van der Waals surface area contributed by atoms with Gasteiger partial charge < -0.3 is 9.47 Å². The minimum Gasteiger partial charge on any atom is -0.497 e. The van der Waals surface area contributed by atoms with E-state index in [0.29, 0.717) is 26.4 Å². The number of esters is 1. The van der Waals surface area contributed by atoms with Crippen LogP contribution in [0.5, 0.6) is 5.75 Å². The Bertz CT molecular complexity index is 1620. The van der Waals surface area contributed by atoms with E-state index in [9.17, 15) is 9.59 Å². The molecule has 1 aliphatic rings. The number of thiazole rings is 1. The van der Waals surface area contributed by atoms with E-state index in [4.69, 9.17) is 14.5 Å². The van der Waals surface area contributed by atoms with E-state index < -0.39 is 12.0 Å². The van der Waals surface area contributed by atoms with Gasteiger partial charge in [-0.2, -0.15) is 0 Å². The number of fused-ring (bicyclic) bond motifs is 1. The molecule has 1 aliphatic heterocycles. The van der Waals surface area contributed by atoms with E-state index in [-0.39, 0.29) is 12.2 Å². The van der Waals surface area contributed by atoms with Gasteiger partial charge in [-0.1, -0.05) is 59.9 Å².